The van der Waals surface area contributed by atoms with Gasteiger partial charge in [0.05, 0.1) is 24.4 Å². The maximum Gasteiger partial charge on any atom is 0.262 e. The second-order valence-electron chi connectivity index (χ2n) is 5.09. The molecular formula is C16H16N2O2S. The van der Waals surface area contributed by atoms with E-state index in [4.69, 9.17) is 0 Å². The monoisotopic (exact) mass is 300 g/mol. The Morgan fingerprint density at radius 2 is 2.00 bits per heavy atom. The molecule has 0 spiro atoms. The van der Waals surface area contributed by atoms with Crippen molar-refractivity contribution in [3.8, 4) is 0 Å². The average Bonchev–Trinajstić information content (AvgIpc) is 2.79. The zero-order valence-electron chi connectivity index (χ0n) is 11.9. The summed E-state index contributed by atoms with van der Waals surface area (Å²) in [5, 5.41) is 10.9. The van der Waals surface area contributed by atoms with Crippen LogP contribution in [0.3, 0.4) is 0 Å². The summed E-state index contributed by atoms with van der Waals surface area (Å²) >= 11 is 1.53. The predicted molar refractivity (Wildman–Crippen MR) is 84.8 cm³/mol. The minimum Gasteiger partial charge on any atom is -0.387 e. The maximum atomic E-state index is 12.5. The molecule has 1 aromatic carbocycles. The van der Waals surface area contributed by atoms with Crippen LogP contribution in [0.2, 0.25) is 0 Å². The van der Waals surface area contributed by atoms with Crippen LogP contribution >= 0.6 is 11.3 Å². The highest BCUT2D eigenvalue weighted by molar-refractivity contribution is 7.18. The molecule has 21 heavy (non-hydrogen) atoms. The van der Waals surface area contributed by atoms with Gasteiger partial charge in [0.2, 0.25) is 0 Å². The quantitative estimate of drug-likeness (QED) is 0.809. The Hall–Kier alpha value is -1.98. The Kier molecular flexibility index (Phi) is 3.61. The van der Waals surface area contributed by atoms with E-state index in [1.54, 1.807) is 0 Å². The molecule has 0 fully saturated rings. The summed E-state index contributed by atoms with van der Waals surface area (Å²) < 4.78 is 1.49. The van der Waals surface area contributed by atoms with Crippen molar-refractivity contribution in [3.05, 3.63) is 63.0 Å². The van der Waals surface area contributed by atoms with E-state index in [-0.39, 0.29) is 12.1 Å². The predicted octanol–water partition coefficient (Wildman–Crippen LogP) is 2.81. The fourth-order valence-electron chi connectivity index (χ4n) is 2.37. The van der Waals surface area contributed by atoms with Gasteiger partial charge in [-0.25, -0.2) is 4.98 Å². The fraction of sp³-hybridized carbons (Fsp3) is 0.250. The summed E-state index contributed by atoms with van der Waals surface area (Å²) in [6.07, 6.45) is 0.801. The largest absolute Gasteiger partial charge is 0.387 e. The van der Waals surface area contributed by atoms with Gasteiger partial charge >= 0.3 is 0 Å². The minimum absolute atomic E-state index is 0.0863. The van der Waals surface area contributed by atoms with Gasteiger partial charge in [0.25, 0.3) is 5.56 Å². The third-order valence-electron chi connectivity index (χ3n) is 3.71. The number of nitrogens with zero attached hydrogens (tertiary/aromatic N) is 2. The molecule has 0 unspecified atom stereocenters. The maximum absolute atomic E-state index is 12.5. The summed E-state index contributed by atoms with van der Waals surface area (Å²) in [5.41, 5.74) is 1.69. The Morgan fingerprint density at radius 1 is 1.29 bits per heavy atom. The lowest BCUT2D eigenvalue weighted by Gasteiger charge is -2.12. The van der Waals surface area contributed by atoms with Crippen molar-refractivity contribution in [3.63, 3.8) is 0 Å². The Bertz CT molecular complexity index is 837. The molecule has 0 amide bonds. The fourth-order valence-corrected chi connectivity index (χ4v) is 3.35. The molecule has 0 aliphatic heterocycles. The number of fused-ring (bicyclic) bond motifs is 1. The number of rotatable bonds is 3. The highest BCUT2D eigenvalue weighted by atomic mass is 32.1. The van der Waals surface area contributed by atoms with Crippen LogP contribution in [0.1, 0.15) is 22.1 Å². The topological polar surface area (TPSA) is 55.1 Å². The number of aliphatic hydroxyl groups excluding tert-OH is 1. The van der Waals surface area contributed by atoms with Crippen LogP contribution in [-0.2, 0) is 6.54 Å². The number of benzene rings is 1. The van der Waals surface area contributed by atoms with Gasteiger partial charge in [0, 0.05) is 4.88 Å². The molecule has 0 saturated carbocycles. The van der Waals surface area contributed by atoms with E-state index in [0.29, 0.717) is 5.39 Å². The lowest BCUT2D eigenvalue weighted by molar-refractivity contribution is 0.155. The summed E-state index contributed by atoms with van der Waals surface area (Å²) in [5.74, 6) is 0. The van der Waals surface area contributed by atoms with Gasteiger partial charge in [0.15, 0.2) is 0 Å². The highest BCUT2D eigenvalue weighted by Crippen LogP contribution is 2.25. The molecule has 4 nitrogen and oxygen atoms in total. The van der Waals surface area contributed by atoms with Crippen molar-refractivity contribution in [2.24, 2.45) is 0 Å². The Balaban J connectivity index is 2.00. The molecule has 0 saturated heterocycles. The molecule has 108 valence electrons. The van der Waals surface area contributed by atoms with Gasteiger partial charge in [-0.1, -0.05) is 30.3 Å². The van der Waals surface area contributed by atoms with Crippen LogP contribution in [0.5, 0.6) is 0 Å². The summed E-state index contributed by atoms with van der Waals surface area (Å²) in [4.78, 5) is 18.8. The normalized spacial score (nSPS) is 12.7. The molecule has 0 aliphatic carbocycles. The van der Waals surface area contributed by atoms with Gasteiger partial charge in [0.1, 0.15) is 4.83 Å². The Labute approximate surface area is 126 Å². The molecular weight excluding hydrogens is 284 g/mol. The smallest absolute Gasteiger partial charge is 0.262 e. The van der Waals surface area contributed by atoms with Crippen LogP contribution in [0.4, 0.5) is 0 Å². The van der Waals surface area contributed by atoms with Gasteiger partial charge in [-0.05, 0) is 25.0 Å². The van der Waals surface area contributed by atoms with Crippen molar-refractivity contribution >= 4 is 21.6 Å². The molecule has 2 heterocycles. The number of aryl methyl sites for hydroxylation is 2. The van der Waals surface area contributed by atoms with Crippen LogP contribution in [0, 0.1) is 13.8 Å². The Morgan fingerprint density at radius 3 is 2.71 bits per heavy atom. The first-order valence-electron chi connectivity index (χ1n) is 6.76. The molecule has 0 bridgehead atoms. The summed E-state index contributed by atoms with van der Waals surface area (Å²) in [6, 6.07) is 9.33. The molecule has 1 N–H and O–H groups in total. The second-order valence-corrected chi connectivity index (χ2v) is 6.30. The first-order valence-corrected chi connectivity index (χ1v) is 7.57. The molecule has 0 aliphatic rings. The molecule has 0 radical (unpaired) electrons. The van der Waals surface area contributed by atoms with Crippen molar-refractivity contribution in [2.45, 2.75) is 26.5 Å². The van der Waals surface area contributed by atoms with Crippen molar-refractivity contribution < 1.29 is 5.11 Å². The zero-order valence-corrected chi connectivity index (χ0v) is 12.7. The van der Waals surface area contributed by atoms with E-state index in [1.165, 1.54) is 22.2 Å². The van der Waals surface area contributed by atoms with E-state index in [9.17, 15) is 9.90 Å². The number of aliphatic hydroxyl groups is 1. The summed E-state index contributed by atoms with van der Waals surface area (Å²) in [7, 11) is 0. The summed E-state index contributed by atoms with van der Waals surface area (Å²) in [6.45, 7) is 4.14. The van der Waals surface area contributed by atoms with Crippen LogP contribution in [0.15, 0.2) is 41.5 Å². The van der Waals surface area contributed by atoms with Crippen LogP contribution < -0.4 is 5.56 Å². The van der Waals surface area contributed by atoms with E-state index in [1.807, 2.05) is 44.2 Å². The minimum atomic E-state index is -0.719. The molecule has 3 rings (SSSR count). The number of thiophene rings is 1. The van der Waals surface area contributed by atoms with Gasteiger partial charge in [-0.15, -0.1) is 11.3 Å². The molecule has 3 aromatic rings. The second kappa shape index (κ2) is 5.42. The van der Waals surface area contributed by atoms with E-state index in [2.05, 4.69) is 4.98 Å². The first kappa shape index (κ1) is 14.0. The van der Waals surface area contributed by atoms with Crippen molar-refractivity contribution in [1.29, 1.82) is 0 Å². The van der Waals surface area contributed by atoms with E-state index >= 15 is 0 Å². The number of aromatic nitrogens is 2. The first-order chi connectivity index (χ1) is 10.1. The zero-order chi connectivity index (χ0) is 15.0. The molecule has 1 atom stereocenters. The number of hydrogen-bond acceptors (Lipinski definition) is 4. The van der Waals surface area contributed by atoms with Gasteiger partial charge in [-0.2, -0.15) is 0 Å². The average molecular weight is 300 g/mol. The third-order valence-corrected chi connectivity index (χ3v) is 4.83. The van der Waals surface area contributed by atoms with Crippen molar-refractivity contribution in [1.82, 2.24) is 9.55 Å². The van der Waals surface area contributed by atoms with Gasteiger partial charge in [-0.3, -0.25) is 9.36 Å². The van der Waals surface area contributed by atoms with E-state index < -0.39 is 6.10 Å². The van der Waals surface area contributed by atoms with Gasteiger partial charge < -0.3 is 5.11 Å². The molecule has 5 heteroatoms. The standard InChI is InChI=1S/C16H16N2O2S/c1-10-11(2)21-15-14(10)16(20)18(9-17-15)8-13(19)12-6-4-3-5-7-12/h3-7,9,13,19H,8H2,1-2H3/t13-/m1/s1. The lowest BCUT2D eigenvalue weighted by atomic mass is 10.1. The van der Waals surface area contributed by atoms with Crippen LogP contribution in [0.25, 0.3) is 10.2 Å². The third kappa shape index (κ3) is 2.50. The van der Waals surface area contributed by atoms with E-state index in [0.717, 1.165) is 20.8 Å². The highest BCUT2D eigenvalue weighted by Gasteiger charge is 2.14. The number of hydrogen-bond donors (Lipinski definition) is 1. The lowest BCUT2D eigenvalue weighted by Crippen LogP contribution is -2.23. The molecule has 2 aromatic heterocycles. The SMILES string of the molecule is Cc1sc2ncn(C[C@@H](O)c3ccccc3)c(=O)c2c1C. The van der Waals surface area contributed by atoms with Crippen LogP contribution in [-0.4, -0.2) is 14.7 Å². The van der Waals surface area contributed by atoms with Crippen molar-refractivity contribution in [2.75, 3.05) is 0 Å².